The fourth-order valence-electron chi connectivity index (χ4n) is 6.05. The molecule has 1 heterocycles. The lowest BCUT2D eigenvalue weighted by atomic mass is 9.79. The number of hydrogen-bond donors (Lipinski definition) is 1. The molecule has 0 saturated heterocycles. The zero-order valence-electron chi connectivity index (χ0n) is 24.2. The molecule has 2 N–H and O–H groups in total. The highest BCUT2D eigenvalue weighted by atomic mass is 19.4. The van der Waals surface area contributed by atoms with Crippen molar-refractivity contribution in [2.24, 2.45) is 27.1 Å². The first-order valence-corrected chi connectivity index (χ1v) is 14.0. The normalized spacial score (nSPS) is 23.4. The number of halogens is 8. The zero-order chi connectivity index (χ0) is 32.4. The van der Waals surface area contributed by atoms with E-state index in [1.54, 1.807) is 6.92 Å². The van der Waals surface area contributed by atoms with Crippen LogP contribution < -0.4 is 5.73 Å². The number of ether oxygens (including phenoxy) is 1. The predicted molar refractivity (Wildman–Crippen MR) is 148 cm³/mol. The summed E-state index contributed by atoms with van der Waals surface area (Å²) in [5.74, 6) is -5.72. The Morgan fingerprint density at radius 3 is 2.36 bits per heavy atom. The molecule has 4 bridgehead atoms. The first kappa shape index (κ1) is 33.3. The second-order valence-corrected chi connectivity index (χ2v) is 11.0. The number of hydrogen-bond acceptors (Lipinski definition) is 3. The first-order chi connectivity index (χ1) is 20.6. The van der Waals surface area contributed by atoms with Gasteiger partial charge in [0.15, 0.2) is 0 Å². The molecule has 0 radical (unpaired) electrons. The van der Waals surface area contributed by atoms with Gasteiger partial charge in [0, 0.05) is 31.2 Å². The molecule has 240 valence electrons. The van der Waals surface area contributed by atoms with Crippen molar-refractivity contribution in [2.75, 3.05) is 13.7 Å². The largest absolute Gasteiger partial charge is 0.416 e. The van der Waals surface area contributed by atoms with Crippen LogP contribution in [0.4, 0.5) is 35.1 Å². The average Bonchev–Trinajstić information content (AvgIpc) is 3.16. The molecule has 0 amide bonds. The molecule has 14 heteroatoms. The summed E-state index contributed by atoms with van der Waals surface area (Å²) < 4.78 is 122. The molecular formula is C30H33F8N5O. The van der Waals surface area contributed by atoms with Gasteiger partial charge in [0.1, 0.15) is 0 Å². The number of guanidine groups is 1. The van der Waals surface area contributed by atoms with Crippen molar-refractivity contribution in [1.29, 1.82) is 0 Å². The number of nitrogens with two attached hydrogens (primary N) is 1. The van der Waals surface area contributed by atoms with Gasteiger partial charge in [-0.05, 0) is 89.9 Å². The predicted octanol–water partition coefficient (Wildman–Crippen LogP) is 8.38. The van der Waals surface area contributed by atoms with E-state index in [9.17, 15) is 26.3 Å². The maximum absolute atomic E-state index is 16.1. The minimum absolute atomic E-state index is 0.0386. The summed E-state index contributed by atoms with van der Waals surface area (Å²) in [5, 5.41) is 10.6. The zero-order valence-corrected chi connectivity index (χ0v) is 24.2. The quantitative estimate of drug-likeness (QED) is 0.0924. The highest BCUT2D eigenvalue weighted by Crippen LogP contribution is 2.48. The number of fused-ring (bicyclic) bond motifs is 6. The summed E-state index contributed by atoms with van der Waals surface area (Å²) in [6, 6.07) is 5.23. The van der Waals surface area contributed by atoms with Gasteiger partial charge >= 0.3 is 12.4 Å². The number of allylic oxidation sites excluding steroid dienone is 1. The van der Waals surface area contributed by atoms with Crippen LogP contribution >= 0.6 is 0 Å². The van der Waals surface area contributed by atoms with Gasteiger partial charge in [0.2, 0.25) is 5.96 Å². The Labute approximate surface area is 249 Å². The number of benzene rings is 2. The van der Waals surface area contributed by atoms with Crippen molar-refractivity contribution in [1.82, 2.24) is 4.90 Å². The summed E-state index contributed by atoms with van der Waals surface area (Å²) in [4.78, 5) is 1.18. The van der Waals surface area contributed by atoms with E-state index in [0.29, 0.717) is 30.5 Å². The van der Waals surface area contributed by atoms with E-state index in [1.807, 2.05) is 0 Å². The van der Waals surface area contributed by atoms with E-state index >= 15 is 8.78 Å². The minimum Gasteiger partial charge on any atom is -0.378 e. The molecule has 1 aliphatic carbocycles. The van der Waals surface area contributed by atoms with E-state index in [2.05, 4.69) is 22.0 Å². The highest BCUT2D eigenvalue weighted by molar-refractivity contribution is 5.78. The Hall–Kier alpha value is -3.55. The molecule has 44 heavy (non-hydrogen) atoms. The Bertz CT molecular complexity index is 1420. The van der Waals surface area contributed by atoms with Gasteiger partial charge in [-0.15, -0.1) is 0 Å². The smallest absolute Gasteiger partial charge is 0.378 e. The monoisotopic (exact) mass is 631 g/mol. The molecule has 2 unspecified atom stereocenters. The molecule has 4 rings (SSSR count). The van der Waals surface area contributed by atoms with Crippen LogP contribution in [0, 0.1) is 5.92 Å². The van der Waals surface area contributed by atoms with Crippen LogP contribution in [0.5, 0.6) is 0 Å². The summed E-state index contributed by atoms with van der Waals surface area (Å²) >= 11 is 0. The maximum Gasteiger partial charge on any atom is 0.416 e. The fourth-order valence-corrected chi connectivity index (χ4v) is 6.05. The summed E-state index contributed by atoms with van der Waals surface area (Å²) in [7, 11) is 1.28. The van der Waals surface area contributed by atoms with Crippen molar-refractivity contribution in [2.45, 2.75) is 76.0 Å². The molecule has 1 aliphatic heterocycles. The number of alkyl halides is 8. The van der Waals surface area contributed by atoms with Crippen LogP contribution in [0.3, 0.4) is 0 Å². The topological polar surface area (TPSA) is 75.6 Å². The third-order valence-electron chi connectivity index (χ3n) is 8.15. The van der Waals surface area contributed by atoms with Gasteiger partial charge in [-0.3, -0.25) is 0 Å². The van der Waals surface area contributed by atoms with Gasteiger partial charge in [-0.2, -0.15) is 40.2 Å². The van der Waals surface area contributed by atoms with Crippen LogP contribution in [-0.2, 0) is 36.1 Å². The highest BCUT2D eigenvalue weighted by Gasteiger charge is 2.44. The van der Waals surface area contributed by atoms with Gasteiger partial charge in [0.05, 0.1) is 24.3 Å². The van der Waals surface area contributed by atoms with Gasteiger partial charge in [-0.1, -0.05) is 24.2 Å². The number of rotatable bonds is 3. The molecule has 6 nitrogen and oxygen atoms in total. The first-order valence-electron chi connectivity index (χ1n) is 14.0. The lowest BCUT2D eigenvalue weighted by Gasteiger charge is -2.32. The van der Waals surface area contributed by atoms with Crippen molar-refractivity contribution in [3.8, 4) is 0 Å². The molecule has 2 aliphatic rings. The summed E-state index contributed by atoms with van der Waals surface area (Å²) in [5.41, 5.74) is 2.75. The fraction of sp³-hybridized carbons (Fsp3) is 0.500. The maximum atomic E-state index is 16.1. The number of nitrogens with zero attached hydrogens (tertiary/aromatic N) is 4. The second-order valence-electron chi connectivity index (χ2n) is 11.0. The van der Waals surface area contributed by atoms with Gasteiger partial charge in [0.25, 0.3) is 5.92 Å². The van der Waals surface area contributed by atoms with Crippen molar-refractivity contribution in [3.63, 3.8) is 0 Å². The molecular weight excluding hydrogens is 598 g/mol. The standard InChI is InChI=1S/C30H33F8N5O/c1-4-44-26-7-5-6-19-13-25(26)24-9-8-21(29(33,34)35)12-20(24)16-43(27(39)41-42-40-3)15-18-10-22(28(31,32)17(19)2)14-23(11-18)30(36,37)38/h8-12,14,19,25-26H,2,4-7,13,15-16H2,1,3H3,(H2,39,40,41)/t19-,25?,26?/m1/s1. The van der Waals surface area contributed by atoms with Crippen LogP contribution in [0.1, 0.15) is 71.9 Å². The van der Waals surface area contributed by atoms with Crippen molar-refractivity contribution >= 4 is 5.96 Å². The molecule has 1 fully saturated rings. The lowest BCUT2D eigenvalue weighted by molar-refractivity contribution is -0.138. The summed E-state index contributed by atoms with van der Waals surface area (Å²) in [6.45, 7) is 4.86. The Morgan fingerprint density at radius 2 is 1.73 bits per heavy atom. The molecule has 0 aromatic heterocycles. The van der Waals surface area contributed by atoms with Crippen LogP contribution in [0.2, 0.25) is 0 Å². The van der Waals surface area contributed by atoms with Crippen molar-refractivity contribution < 1.29 is 39.9 Å². The molecule has 2 aromatic rings. The van der Waals surface area contributed by atoms with Gasteiger partial charge in [-0.25, -0.2) is 0 Å². The summed E-state index contributed by atoms with van der Waals surface area (Å²) in [6.07, 6.45) is -9.03. The third-order valence-corrected chi connectivity index (χ3v) is 8.15. The SMILES string of the molecule is C=C1[C@@H]2CCCC(OCC)C(C2)c2ccc(C(F)(F)F)cc2CN(/C(N)=N/N=NC)Cc2cc(C(F)(F)F)cc(c2)C1(F)F. The Balaban J connectivity index is 2.02. The molecule has 1 saturated carbocycles. The van der Waals surface area contributed by atoms with Crippen LogP contribution in [0.25, 0.3) is 0 Å². The Kier molecular flexibility index (Phi) is 9.72. The second kappa shape index (κ2) is 12.8. The van der Waals surface area contributed by atoms with Crippen molar-refractivity contribution in [3.05, 3.63) is 81.9 Å². The van der Waals surface area contributed by atoms with E-state index < -0.39 is 65.0 Å². The van der Waals surface area contributed by atoms with Crippen LogP contribution in [-0.4, -0.2) is 30.6 Å². The van der Waals surface area contributed by atoms with E-state index in [0.717, 1.165) is 18.2 Å². The Morgan fingerprint density at radius 1 is 1.02 bits per heavy atom. The molecule has 2 aromatic carbocycles. The molecule has 3 atom stereocenters. The van der Waals surface area contributed by atoms with Gasteiger partial charge < -0.3 is 15.4 Å². The minimum atomic E-state index is -4.97. The van der Waals surface area contributed by atoms with E-state index in [4.69, 9.17) is 10.5 Å². The van der Waals surface area contributed by atoms with E-state index in [1.165, 1.54) is 18.0 Å². The average molecular weight is 632 g/mol. The van der Waals surface area contributed by atoms with E-state index in [-0.39, 0.29) is 43.1 Å². The lowest BCUT2D eigenvalue weighted by Crippen LogP contribution is -2.37. The molecule has 0 spiro atoms. The third kappa shape index (κ3) is 7.22. The van der Waals surface area contributed by atoms with Crippen LogP contribution in [0.15, 0.2) is 64.0 Å².